The number of nitrogen functional groups attached to an aromatic ring is 1. The molecule has 0 saturated carbocycles. The zero-order valence-corrected chi connectivity index (χ0v) is 16.3. The number of nitrogens with one attached hydrogen (secondary N) is 1. The van der Waals surface area contributed by atoms with Gasteiger partial charge in [0.25, 0.3) is 0 Å². The van der Waals surface area contributed by atoms with E-state index in [2.05, 4.69) is 31.4 Å². The average molecular weight is 457 g/mol. The van der Waals surface area contributed by atoms with Gasteiger partial charge in [0.15, 0.2) is 5.82 Å². The molecule has 1 amide bonds. The predicted molar refractivity (Wildman–Crippen MR) is 104 cm³/mol. The molecule has 1 aromatic heterocycles. The van der Waals surface area contributed by atoms with Crippen molar-refractivity contribution in [2.75, 3.05) is 16.9 Å². The number of nitrogens with two attached hydrogens (primary N) is 1. The third kappa shape index (κ3) is 4.17. The number of thioether (sulfide) groups is 1. The Morgan fingerprint density at radius 1 is 1.31 bits per heavy atom. The van der Waals surface area contributed by atoms with Crippen LogP contribution in [0, 0.1) is 5.82 Å². The number of benzene rings is 2. The van der Waals surface area contributed by atoms with E-state index in [1.165, 1.54) is 22.9 Å². The molecule has 0 spiro atoms. The van der Waals surface area contributed by atoms with Gasteiger partial charge in [-0.3, -0.25) is 4.79 Å². The van der Waals surface area contributed by atoms with Crippen LogP contribution >= 0.6 is 39.3 Å². The van der Waals surface area contributed by atoms with Crippen molar-refractivity contribution in [2.45, 2.75) is 5.16 Å². The van der Waals surface area contributed by atoms with E-state index in [0.717, 1.165) is 21.8 Å². The van der Waals surface area contributed by atoms with Crippen LogP contribution in [0.2, 0.25) is 5.02 Å². The molecule has 10 heteroatoms. The highest BCUT2D eigenvalue weighted by atomic mass is 79.9. The second-order valence-corrected chi connectivity index (χ2v) is 7.35. The van der Waals surface area contributed by atoms with Crippen molar-refractivity contribution in [3.05, 3.63) is 57.8 Å². The number of carbonyl (C=O) groups excluding carboxylic acids is 1. The van der Waals surface area contributed by atoms with E-state index in [4.69, 9.17) is 17.4 Å². The number of anilines is 1. The Balaban J connectivity index is 1.68. The van der Waals surface area contributed by atoms with Gasteiger partial charge >= 0.3 is 0 Å². The summed E-state index contributed by atoms with van der Waals surface area (Å²) < 4.78 is 15.8. The summed E-state index contributed by atoms with van der Waals surface area (Å²) in [7, 11) is 0. The van der Waals surface area contributed by atoms with Crippen LogP contribution in [0.3, 0.4) is 0 Å². The van der Waals surface area contributed by atoms with Crippen LogP contribution in [0.5, 0.6) is 0 Å². The van der Waals surface area contributed by atoms with Gasteiger partial charge in [0.1, 0.15) is 5.82 Å². The van der Waals surface area contributed by atoms with Crippen molar-refractivity contribution in [3.8, 4) is 11.4 Å². The van der Waals surface area contributed by atoms with E-state index < -0.39 is 11.7 Å². The number of halogens is 3. The van der Waals surface area contributed by atoms with Crippen LogP contribution in [-0.2, 0) is 4.79 Å². The summed E-state index contributed by atoms with van der Waals surface area (Å²) in [6, 6.07) is 11.4. The van der Waals surface area contributed by atoms with Crippen LogP contribution in [-0.4, -0.2) is 26.5 Å². The molecule has 0 aliphatic heterocycles. The Bertz CT molecular complexity index is 968. The summed E-state index contributed by atoms with van der Waals surface area (Å²) >= 11 is 10.3. The molecule has 26 heavy (non-hydrogen) atoms. The second kappa shape index (κ2) is 8.07. The number of aromatic nitrogens is 3. The van der Waals surface area contributed by atoms with Crippen LogP contribution in [0.15, 0.2) is 52.1 Å². The fraction of sp³-hybridized carbons (Fsp3) is 0.0625. The van der Waals surface area contributed by atoms with Crippen molar-refractivity contribution >= 4 is 50.9 Å². The van der Waals surface area contributed by atoms with Crippen molar-refractivity contribution in [2.24, 2.45) is 0 Å². The molecule has 0 atom stereocenters. The highest BCUT2D eigenvalue weighted by Crippen LogP contribution is 2.28. The Kier molecular flexibility index (Phi) is 5.80. The highest BCUT2D eigenvalue weighted by molar-refractivity contribution is 9.10. The maximum Gasteiger partial charge on any atom is 0.234 e. The molecule has 0 fully saturated rings. The Hall–Kier alpha value is -2.10. The van der Waals surface area contributed by atoms with Gasteiger partial charge in [-0.2, -0.15) is 0 Å². The first kappa shape index (κ1) is 18.7. The summed E-state index contributed by atoms with van der Waals surface area (Å²) in [6.07, 6.45) is 0. The minimum atomic E-state index is -0.564. The lowest BCUT2D eigenvalue weighted by molar-refractivity contribution is -0.113. The van der Waals surface area contributed by atoms with Gasteiger partial charge in [-0.05, 0) is 30.3 Å². The summed E-state index contributed by atoms with van der Waals surface area (Å²) in [5, 5.41) is 11.2. The SMILES string of the molecule is Nn1c(SCC(=O)Nc2cc(Cl)ccc2F)nnc1-c1ccccc1Br. The number of amides is 1. The third-order valence-electron chi connectivity index (χ3n) is 3.31. The standard InChI is InChI=1S/C16H12BrClFN5OS/c17-11-4-2-1-3-10(11)15-22-23-16(24(15)20)26-8-14(25)21-13-7-9(18)5-6-12(13)19/h1-7H,8,20H2,(H,21,25). The second-order valence-electron chi connectivity index (χ2n) is 5.12. The highest BCUT2D eigenvalue weighted by Gasteiger charge is 2.16. The van der Waals surface area contributed by atoms with E-state index in [1.807, 2.05) is 24.3 Å². The zero-order valence-electron chi connectivity index (χ0n) is 13.1. The van der Waals surface area contributed by atoms with Gasteiger partial charge in [-0.1, -0.05) is 51.4 Å². The maximum absolute atomic E-state index is 13.7. The first-order valence-corrected chi connectivity index (χ1v) is 9.44. The maximum atomic E-state index is 13.7. The molecule has 0 bridgehead atoms. The van der Waals surface area contributed by atoms with E-state index in [0.29, 0.717) is 16.0 Å². The molecule has 2 aromatic carbocycles. The first-order chi connectivity index (χ1) is 12.5. The minimum absolute atomic E-state index is 0.0166. The lowest BCUT2D eigenvalue weighted by Gasteiger charge is -2.07. The van der Waals surface area contributed by atoms with Gasteiger partial charge < -0.3 is 11.2 Å². The van der Waals surface area contributed by atoms with Crippen LogP contribution in [0.25, 0.3) is 11.4 Å². The lowest BCUT2D eigenvalue weighted by atomic mass is 10.2. The van der Waals surface area contributed by atoms with E-state index >= 15 is 0 Å². The molecule has 3 rings (SSSR count). The molecule has 134 valence electrons. The molecule has 0 saturated heterocycles. The van der Waals surface area contributed by atoms with Crippen molar-refractivity contribution < 1.29 is 9.18 Å². The lowest BCUT2D eigenvalue weighted by Crippen LogP contribution is -2.17. The normalized spacial score (nSPS) is 10.7. The first-order valence-electron chi connectivity index (χ1n) is 7.29. The van der Waals surface area contributed by atoms with Crippen molar-refractivity contribution in [3.63, 3.8) is 0 Å². The molecule has 3 N–H and O–H groups in total. The van der Waals surface area contributed by atoms with Crippen molar-refractivity contribution in [1.82, 2.24) is 14.9 Å². The van der Waals surface area contributed by atoms with Crippen molar-refractivity contribution in [1.29, 1.82) is 0 Å². The molecule has 6 nitrogen and oxygen atoms in total. The van der Waals surface area contributed by atoms with E-state index in [1.54, 1.807) is 0 Å². The van der Waals surface area contributed by atoms with Crippen LogP contribution in [0.4, 0.5) is 10.1 Å². The van der Waals surface area contributed by atoms with Gasteiger partial charge in [-0.15, -0.1) is 10.2 Å². The molecular weight excluding hydrogens is 445 g/mol. The van der Waals surface area contributed by atoms with Crippen LogP contribution in [0.1, 0.15) is 0 Å². The van der Waals surface area contributed by atoms with Gasteiger partial charge in [0.2, 0.25) is 11.1 Å². The fourth-order valence-corrected chi connectivity index (χ4v) is 3.40. The third-order valence-corrected chi connectivity index (χ3v) is 5.18. The topological polar surface area (TPSA) is 85.8 Å². The number of hydrogen-bond acceptors (Lipinski definition) is 5. The summed E-state index contributed by atoms with van der Waals surface area (Å²) in [5.41, 5.74) is 0.797. The fourth-order valence-electron chi connectivity index (χ4n) is 2.11. The van der Waals surface area contributed by atoms with Gasteiger partial charge in [0, 0.05) is 15.1 Å². The number of nitrogens with zero attached hydrogens (tertiary/aromatic N) is 3. The smallest absolute Gasteiger partial charge is 0.234 e. The molecule has 0 radical (unpaired) electrons. The van der Waals surface area contributed by atoms with Gasteiger partial charge in [-0.25, -0.2) is 9.07 Å². The molecular formula is C16H12BrClFN5OS. The Morgan fingerprint density at radius 2 is 2.08 bits per heavy atom. The molecule has 0 aliphatic rings. The quantitative estimate of drug-likeness (QED) is 0.448. The van der Waals surface area contributed by atoms with E-state index in [9.17, 15) is 9.18 Å². The minimum Gasteiger partial charge on any atom is -0.335 e. The molecule has 0 unspecified atom stereocenters. The predicted octanol–water partition coefficient (Wildman–Crippen LogP) is 3.94. The monoisotopic (exact) mass is 455 g/mol. The molecule has 1 heterocycles. The summed E-state index contributed by atoms with van der Waals surface area (Å²) in [4.78, 5) is 12.0. The number of rotatable bonds is 5. The molecule has 0 aliphatic carbocycles. The number of hydrogen-bond donors (Lipinski definition) is 2. The van der Waals surface area contributed by atoms with Gasteiger partial charge in [0.05, 0.1) is 11.4 Å². The zero-order chi connectivity index (χ0) is 18.7. The Labute approximate surface area is 166 Å². The molecule has 3 aromatic rings. The summed E-state index contributed by atoms with van der Waals surface area (Å²) in [5.74, 6) is 5.49. The number of carbonyl (C=O) groups is 1. The largest absolute Gasteiger partial charge is 0.335 e. The summed E-state index contributed by atoms with van der Waals surface area (Å²) in [6.45, 7) is 0. The average Bonchev–Trinajstić information content (AvgIpc) is 2.97. The van der Waals surface area contributed by atoms with E-state index in [-0.39, 0.29) is 11.4 Å². The Morgan fingerprint density at radius 3 is 2.85 bits per heavy atom. The van der Waals surface area contributed by atoms with Crippen LogP contribution < -0.4 is 11.2 Å².